The molecular weight excluding hydrogens is 435 g/mol. The zero-order valence-electron chi connectivity index (χ0n) is 17.6. The number of amides is 1. The molecule has 172 valence electrons. The molecule has 0 spiro atoms. The van der Waals surface area contributed by atoms with Crippen LogP contribution in [-0.2, 0) is 6.42 Å². The van der Waals surface area contributed by atoms with Crippen molar-refractivity contribution in [1.29, 1.82) is 0 Å². The first kappa shape index (κ1) is 22.4. The van der Waals surface area contributed by atoms with Crippen molar-refractivity contribution in [1.82, 2.24) is 19.9 Å². The topological polar surface area (TPSA) is 110 Å². The molecule has 1 aliphatic heterocycles. The molecule has 4 heterocycles. The molecule has 0 unspecified atom stereocenters. The van der Waals surface area contributed by atoms with E-state index in [0.29, 0.717) is 5.82 Å². The van der Waals surface area contributed by atoms with Crippen LogP contribution in [-0.4, -0.2) is 45.1 Å². The Morgan fingerprint density at radius 1 is 1.06 bits per heavy atom. The Hall–Kier alpha value is -3.76. The largest absolute Gasteiger partial charge is 0.393 e. The van der Waals surface area contributed by atoms with Gasteiger partial charge in [0.15, 0.2) is 17.3 Å². The number of aromatic nitrogens is 4. The lowest BCUT2D eigenvalue weighted by molar-refractivity contribution is -0.127. The molecule has 3 N–H and O–H groups in total. The molecule has 0 radical (unpaired) electrons. The fraction of sp³-hybridized carbons (Fsp3) is 0.318. The molecule has 33 heavy (non-hydrogen) atoms. The zero-order chi connectivity index (χ0) is 23.4. The summed E-state index contributed by atoms with van der Waals surface area (Å²) in [5.41, 5.74) is 6.38. The molecule has 3 aromatic heterocycles. The van der Waals surface area contributed by atoms with Gasteiger partial charge in [-0.2, -0.15) is 13.2 Å². The number of alkyl halides is 3. The lowest BCUT2D eigenvalue weighted by atomic mass is 10.1. The van der Waals surface area contributed by atoms with Crippen molar-refractivity contribution in [2.45, 2.75) is 31.9 Å². The number of pyridine rings is 2. The van der Waals surface area contributed by atoms with E-state index in [-0.39, 0.29) is 28.5 Å². The monoisotopic (exact) mass is 457 g/mol. The number of nitrogens with two attached hydrogens (primary N) is 1. The van der Waals surface area contributed by atoms with Crippen molar-refractivity contribution in [2.24, 2.45) is 0 Å². The average molecular weight is 457 g/mol. The summed E-state index contributed by atoms with van der Waals surface area (Å²) >= 11 is 0. The van der Waals surface area contributed by atoms with Gasteiger partial charge in [0.2, 0.25) is 0 Å². The van der Waals surface area contributed by atoms with E-state index in [4.69, 9.17) is 5.73 Å². The molecule has 1 amide bonds. The summed E-state index contributed by atoms with van der Waals surface area (Å²) in [4.78, 5) is 31.6. The molecule has 1 fully saturated rings. The van der Waals surface area contributed by atoms with E-state index in [1.807, 2.05) is 6.07 Å². The second-order valence-electron chi connectivity index (χ2n) is 7.67. The first-order valence-corrected chi connectivity index (χ1v) is 10.5. The van der Waals surface area contributed by atoms with Gasteiger partial charge < -0.3 is 16.0 Å². The van der Waals surface area contributed by atoms with Gasteiger partial charge in [0.05, 0.1) is 24.0 Å². The van der Waals surface area contributed by atoms with Gasteiger partial charge >= 0.3 is 6.18 Å². The van der Waals surface area contributed by atoms with Crippen LogP contribution >= 0.6 is 0 Å². The first-order valence-electron chi connectivity index (χ1n) is 10.5. The smallest absolute Gasteiger partial charge is 0.382 e. The maximum Gasteiger partial charge on any atom is 0.393 e. The molecule has 4 rings (SSSR count). The first-order chi connectivity index (χ1) is 15.8. The fourth-order valence-electron chi connectivity index (χ4n) is 3.76. The molecule has 1 aliphatic rings. The van der Waals surface area contributed by atoms with Crippen LogP contribution in [0, 0.1) is 0 Å². The molecular formula is C22H22F3N7O. The van der Waals surface area contributed by atoms with Crippen LogP contribution in [0.5, 0.6) is 0 Å². The number of hydrogen-bond acceptors (Lipinski definition) is 7. The highest BCUT2D eigenvalue weighted by molar-refractivity contribution is 6.06. The van der Waals surface area contributed by atoms with Crippen LogP contribution in [0.3, 0.4) is 0 Å². The summed E-state index contributed by atoms with van der Waals surface area (Å²) in [5, 5.41) is 2.72. The van der Waals surface area contributed by atoms with Gasteiger partial charge in [-0.25, -0.2) is 15.0 Å². The number of hydrogen-bond donors (Lipinski definition) is 2. The van der Waals surface area contributed by atoms with Crippen molar-refractivity contribution in [3.05, 3.63) is 54.1 Å². The summed E-state index contributed by atoms with van der Waals surface area (Å²) in [7, 11) is 0. The van der Waals surface area contributed by atoms with Gasteiger partial charge in [0, 0.05) is 25.5 Å². The Bertz CT molecular complexity index is 1150. The van der Waals surface area contributed by atoms with E-state index in [1.165, 1.54) is 24.5 Å². The maximum atomic E-state index is 13.0. The summed E-state index contributed by atoms with van der Waals surface area (Å²) in [6.07, 6.45) is 1.76. The van der Waals surface area contributed by atoms with Gasteiger partial charge in [0.25, 0.3) is 5.91 Å². The molecule has 8 nitrogen and oxygen atoms in total. The number of nitrogens with one attached hydrogen (secondary N) is 1. The Kier molecular flexibility index (Phi) is 6.38. The van der Waals surface area contributed by atoms with E-state index in [1.54, 1.807) is 12.3 Å². The highest BCUT2D eigenvalue weighted by Gasteiger charge is 2.30. The summed E-state index contributed by atoms with van der Waals surface area (Å²) in [6.45, 7) is 1.71. The van der Waals surface area contributed by atoms with E-state index in [9.17, 15) is 18.0 Å². The summed E-state index contributed by atoms with van der Waals surface area (Å²) in [6, 6.07) is 6.38. The van der Waals surface area contributed by atoms with Gasteiger partial charge in [0.1, 0.15) is 5.69 Å². The Balaban J connectivity index is 1.63. The minimum Gasteiger partial charge on any atom is -0.382 e. The number of nitrogen functional groups attached to an aromatic ring is 1. The van der Waals surface area contributed by atoms with Gasteiger partial charge in [-0.15, -0.1) is 0 Å². The number of piperidine rings is 1. The third kappa shape index (κ3) is 5.36. The van der Waals surface area contributed by atoms with Crippen molar-refractivity contribution in [3.63, 3.8) is 0 Å². The fourth-order valence-corrected chi connectivity index (χ4v) is 3.76. The Morgan fingerprint density at radius 3 is 2.55 bits per heavy atom. The van der Waals surface area contributed by atoms with Crippen LogP contribution in [0.4, 0.5) is 30.5 Å². The van der Waals surface area contributed by atoms with Crippen LogP contribution in [0.25, 0.3) is 11.4 Å². The SMILES string of the molecule is Nc1ncc(-c2ncccc2CC(F)(F)F)nc1C(=O)Nc1ncccc1N1CCCCC1. The minimum absolute atomic E-state index is 0.0109. The third-order valence-electron chi connectivity index (χ3n) is 5.26. The third-order valence-corrected chi connectivity index (χ3v) is 5.26. The number of halogens is 3. The summed E-state index contributed by atoms with van der Waals surface area (Å²) < 4.78 is 39.0. The molecule has 0 saturated carbocycles. The van der Waals surface area contributed by atoms with Crippen molar-refractivity contribution >= 4 is 23.2 Å². The Labute approximate surface area is 188 Å². The average Bonchev–Trinajstić information content (AvgIpc) is 2.80. The number of nitrogens with zero attached hydrogens (tertiary/aromatic N) is 5. The molecule has 0 atom stereocenters. The predicted molar refractivity (Wildman–Crippen MR) is 118 cm³/mol. The van der Waals surface area contributed by atoms with Crippen molar-refractivity contribution < 1.29 is 18.0 Å². The summed E-state index contributed by atoms with van der Waals surface area (Å²) in [5.74, 6) is -0.460. The number of rotatable bonds is 5. The zero-order valence-corrected chi connectivity index (χ0v) is 17.6. The molecule has 0 aromatic carbocycles. The van der Waals surface area contributed by atoms with E-state index in [2.05, 4.69) is 30.2 Å². The minimum atomic E-state index is -4.43. The lowest BCUT2D eigenvalue weighted by Gasteiger charge is -2.29. The van der Waals surface area contributed by atoms with Crippen LogP contribution in [0.1, 0.15) is 35.3 Å². The normalized spacial score (nSPS) is 14.2. The molecule has 0 aliphatic carbocycles. The quantitative estimate of drug-likeness (QED) is 0.599. The van der Waals surface area contributed by atoms with E-state index < -0.39 is 18.5 Å². The molecule has 3 aromatic rings. The molecule has 11 heteroatoms. The highest BCUT2D eigenvalue weighted by Crippen LogP contribution is 2.29. The second kappa shape index (κ2) is 9.39. The Morgan fingerprint density at radius 2 is 1.79 bits per heavy atom. The predicted octanol–water partition coefficient (Wildman–Crippen LogP) is 3.86. The van der Waals surface area contributed by atoms with Crippen LogP contribution in [0.2, 0.25) is 0 Å². The standard InChI is InChI=1S/C22H22F3N7O/c23-22(24,25)12-14-6-4-8-27-17(14)15-13-29-19(26)18(30-15)21(33)31-20-16(7-5-9-28-20)32-10-2-1-3-11-32/h4-9,13H,1-3,10-12H2,(H2,26,29)(H,28,31,33). The second-order valence-corrected chi connectivity index (χ2v) is 7.67. The van der Waals surface area contributed by atoms with E-state index in [0.717, 1.165) is 38.0 Å². The van der Waals surface area contributed by atoms with Gasteiger partial charge in [-0.3, -0.25) is 9.78 Å². The molecule has 0 bridgehead atoms. The van der Waals surface area contributed by atoms with Crippen molar-refractivity contribution in [3.8, 4) is 11.4 Å². The highest BCUT2D eigenvalue weighted by atomic mass is 19.4. The molecule has 1 saturated heterocycles. The van der Waals surface area contributed by atoms with Gasteiger partial charge in [-0.05, 0) is 43.0 Å². The van der Waals surface area contributed by atoms with Gasteiger partial charge in [-0.1, -0.05) is 6.07 Å². The lowest BCUT2D eigenvalue weighted by Crippen LogP contribution is -2.31. The van der Waals surface area contributed by atoms with E-state index >= 15 is 0 Å². The number of anilines is 3. The number of carbonyl (C=O) groups excluding carboxylic acids is 1. The van der Waals surface area contributed by atoms with Crippen LogP contribution < -0.4 is 16.0 Å². The van der Waals surface area contributed by atoms with Crippen molar-refractivity contribution in [2.75, 3.05) is 29.0 Å². The van der Waals surface area contributed by atoms with Crippen LogP contribution in [0.15, 0.2) is 42.9 Å². The number of carbonyl (C=O) groups is 1. The maximum absolute atomic E-state index is 13.0.